The first-order chi connectivity index (χ1) is 8.61. The van der Waals surface area contributed by atoms with Crippen molar-refractivity contribution in [3.8, 4) is 6.07 Å². The highest BCUT2D eigenvalue weighted by molar-refractivity contribution is 6.03. The lowest BCUT2D eigenvalue weighted by Gasteiger charge is -2.06. The van der Waals surface area contributed by atoms with Gasteiger partial charge in [0.2, 0.25) is 5.76 Å². The molecule has 0 bridgehead atoms. The van der Waals surface area contributed by atoms with E-state index >= 15 is 0 Å². The van der Waals surface area contributed by atoms with Crippen LogP contribution in [0.2, 0.25) is 0 Å². The molecule has 3 N–H and O–H groups in total. The fourth-order valence-corrected chi connectivity index (χ4v) is 1.46. The van der Waals surface area contributed by atoms with Gasteiger partial charge in [-0.05, 0) is 25.1 Å². The van der Waals surface area contributed by atoms with Crippen LogP contribution in [0.25, 0.3) is 0 Å². The maximum absolute atomic E-state index is 11.9. The molecule has 0 aliphatic rings. The molecule has 0 aliphatic carbocycles. The molecule has 6 nitrogen and oxygen atoms in total. The summed E-state index contributed by atoms with van der Waals surface area (Å²) in [6, 6.07) is 6.62. The van der Waals surface area contributed by atoms with Crippen LogP contribution in [0.5, 0.6) is 0 Å². The van der Waals surface area contributed by atoms with Crippen LogP contribution >= 0.6 is 0 Å². The highest BCUT2D eigenvalue weighted by Crippen LogP contribution is 2.19. The van der Waals surface area contributed by atoms with E-state index in [4.69, 9.17) is 15.4 Å². The first kappa shape index (κ1) is 11.7. The zero-order chi connectivity index (χ0) is 13.1. The van der Waals surface area contributed by atoms with Gasteiger partial charge in [-0.1, -0.05) is 0 Å². The zero-order valence-corrected chi connectivity index (χ0v) is 9.60. The molecule has 1 heterocycles. The number of nitrogen functional groups attached to an aromatic ring is 1. The van der Waals surface area contributed by atoms with Gasteiger partial charge in [-0.3, -0.25) is 4.79 Å². The van der Waals surface area contributed by atoms with Crippen molar-refractivity contribution in [2.45, 2.75) is 6.92 Å². The molecular formula is C12H10N4O2. The number of hydrogen-bond donors (Lipinski definition) is 2. The summed E-state index contributed by atoms with van der Waals surface area (Å²) < 4.78 is 4.96. The lowest BCUT2D eigenvalue weighted by molar-refractivity contribution is 0.0996. The number of nitriles is 1. The SMILES string of the molecule is Cc1ncoc1C(=O)Nc1ccc(N)cc1C#N. The van der Waals surface area contributed by atoms with Gasteiger partial charge in [0.25, 0.3) is 5.91 Å². The normalized spacial score (nSPS) is 9.78. The van der Waals surface area contributed by atoms with Crippen LogP contribution in [0.4, 0.5) is 11.4 Å². The lowest BCUT2D eigenvalue weighted by atomic mass is 10.1. The second-order valence-electron chi connectivity index (χ2n) is 3.64. The summed E-state index contributed by atoms with van der Waals surface area (Å²) in [6.45, 7) is 1.66. The number of rotatable bonds is 2. The van der Waals surface area contributed by atoms with E-state index in [9.17, 15) is 4.79 Å². The van der Waals surface area contributed by atoms with Crippen LogP contribution in [-0.2, 0) is 0 Å². The maximum atomic E-state index is 11.9. The summed E-state index contributed by atoms with van der Waals surface area (Å²) in [4.78, 5) is 15.7. The molecule has 0 spiro atoms. The number of benzene rings is 1. The van der Waals surface area contributed by atoms with Crippen molar-refractivity contribution in [1.82, 2.24) is 4.98 Å². The number of oxazole rings is 1. The van der Waals surface area contributed by atoms with Gasteiger partial charge in [0.05, 0.1) is 16.9 Å². The Morgan fingerprint density at radius 3 is 2.94 bits per heavy atom. The molecule has 0 radical (unpaired) electrons. The monoisotopic (exact) mass is 242 g/mol. The molecule has 90 valence electrons. The van der Waals surface area contributed by atoms with E-state index < -0.39 is 5.91 Å². The summed E-state index contributed by atoms with van der Waals surface area (Å²) in [7, 11) is 0. The van der Waals surface area contributed by atoms with Crippen LogP contribution < -0.4 is 11.1 Å². The minimum atomic E-state index is -0.453. The Labute approximate surface area is 103 Å². The molecule has 0 saturated carbocycles. The summed E-state index contributed by atoms with van der Waals surface area (Å²) in [5.74, 6) is -0.331. The highest BCUT2D eigenvalue weighted by Gasteiger charge is 2.15. The van der Waals surface area contributed by atoms with Crippen molar-refractivity contribution in [2.24, 2.45) is 0 Å². The number of nitrogens with two attached hydrogens (primary N) is 1. The first-order valence-electron chi connectivity index (χ1n) is 5.13. The topological polar surface area (TPSA) is 105 Å². The average molecular weight is 242 g/mol. The smallest absolute Gasteiger partial charge is 0.293 e. The maximum Gasteiger partial charge on any atom is 0.293 e. The molecule has 0 unspecified atom stereocenters. The van der Waals surface area contributed by atoms with Gasteiger partial charge >= 0.3 is 0 Å². The molecule has 1 amide bonds. The summed E-state index contributed by atoms with van der Waals surface area (Å²) in [5, 5.41) is 11.5. The van der Waals surface area contributed by atoms with Crippen molar-refractivity contribution < 1.29 is 9.21 Å². The fraction of sp³-hybridized carbons (Fsp3) is 0.0833. The fourth-order valence-electron chi connectivity index (χ4n) is 1.46. The van der Waals surface area contributed by atoms with E-state index in [1.807, 2.05) is 6.07 Å². The molecule has 2 rings (SSSR count). The van der Waals surface area contributed by atoms with Crippen molar-refractivity contribution in [2.75, 3.05) is 11.1 Å². The Hall–Kier alpha value is -2.81. The van der Waals surface area contributed by atoms with Crippen LogP contribution in [0, 0.1) is 18.3 Å². The van der Waals surface area contributed by atoms with E-state index in [0.717, 1.165) is 0 Å². The number of carbonyl (C=O) groups is 1. The third-order valence-corrected chi connectivity index (χ3v) is 2.36. The quantitative estimate of drug-likeness (QED) is 0.779. The number of nitrogens with zero attached hydrogens (tertiary/aromatic N) is 2. The summed E-state index contributed by atoms with van der Waals surface area (Å²) >= 11 is 0. The molecule has 0 aliphatic heterocycles. The van der Waals surface area contributed by atoms with E-state index in [-0.39, 0.29) is 5.76 Å². The van der Waals surface area contributed by atoms with Crippen LogP contribution in [0.3, 0.4) is 0 Å². The minimum Gasteiger partial charge on any atom is -0.438 e. The predicted molar refractivity (Wildman–Crippen MR) is 64.8 cm³/mol. The van der Waals surface area contributed by atoms with Crippen molar-refractivity contribution in [3.05, 3.63) is 41.6 Å². The van der Waals surface area contributed by atoms with Gasteiger partial charge in [0.1, 0.15) is 6.07 Å². The Morgan fingerprint density at radius 2 is 2.33 bits per heavy atom. The highest BCUT2D eigenvalue weighted by atomic mass is 16.3. The Bertz CT molecular complexity index is 640. The standard InChI is InChI=1S/C12H10N4O2/c1-7-11(18-6-15-7)12(17)16-10-3-2-9(14)4-8(10)5-13/h2-4,6H,14H2,1H3,(H,16,17). The van der Waals surface area contributed by atoms with Crippen LogP contribution in [0.15, 0.2) is 29.0 Å². The second kappa shape index (κ2) is 4.59. The molecule has 0 fully saturated rings. The van der Waals surface area contributed by atoms with E-state index in [2.05, 4.69) is 10.3 Å². The Morgan fingerprint density at radius 1 is 1.56 bits per heavy atom. The van der Waals surface area contributed by atoms with Crippen molar-refractivity contribution in [1.29, 1.82) is 5.26 Å². The number of nitrogens with one attached hydrogen (secondary N) is 1. The molecule has 6 heteroatoms. The lowest BCUT2D eigenvalue weighted by Crippen LogP contribution is -2.13. The molecule has 2 aromatic rings. The number of hydrogen-bond acceptors (Lipinski definition) is 5. The number of amides is 1. The number of aryl methyl sites for hydroxylation is 1. The molecule has 0 saturated heterocycles. The molecule has 0 atom stereocenters. The minimum absolute atomic E-state index is 0.121. The van der Waals surface area contributed by atoms with Gasteiger partial charge < -0.3 is 15.5 Å². The van der Waals surface area contributed by atoms with Gasteiger partial charge in [-0.2, -0.15) is 5.26 Å². The van der Waals surface area contributed by atoms with Crippen molar-refractivity contribution in [3.63, 3.8) is 0 Å². The largest absolute Gasteiger partial charge is 0.438 e. The molecule has 1 aromatic heterocycles. The van der Waals surface area contributed by atoms with Crippen LogP contribution in [-0.4, -0.2) is 10.9 Å². The summed E-state index contributed by atoms with van der Waals surface area (Å²) in [6.07, 6.45) is 1.19. The van der Waals surface area contributed by atoms with Gasteiger partial charge in [-0.25, -0.2) is 4.98 Å². The Kier molecular flexibility index (Phi) is 2.98. The first-order valence-corrected chi connectivity index (χ1v) is 5.13. The number of aromatic nitrogens is 1. The van der Waals surface area contributed by atoms with Gasteiger partial charge in [0.15, 0.2) is 6.39 Å². The van der Waals surface area contributed by atoms with E-state index in [0.29, 0.717) is 22.6 Å². The van der Waals surface area contributed by atoms with E-state index in [1.54, 1.807) is 19.1 Å². The Balaban J connectivity index is 2.28. The van der Waals surface area contributed by atoms with Gasteiger partial charge in [-0.15, -0.1) is 0 Å². The van der Waals surface area contributed by atoms with Gasteiger partial charge in [0, 0.05) is 5.69 Å². The third kappa shape index (κ3) is 2.15. The third-order valence-electron chi connectivity index (χ3n) is 2.36. The number of carbonyl (C=O) groups excluding carboxylic acids is 1. The molecular weight excluding hydrogens is 232 g/mol. The van der Waals surface area contributed by atoms with E-state index in [1.165, 1.54) is 12.5 Å². The molecule has 1 aromatic carbocycles. The zero-order valence-electron chi connectivity index (χ0n) is 9.60. The van der Waals surface area contributed by atoms with Crippen LogP contribution in [0.1, 0.15) is 21.8 Å². The summed E-state index contributed by atoms with van der Waals surface area (Å²) in [5.41, 5.74) is 7.18. The number of anilines is 2. The second-order valence-corrected chi connectivity index (χ2v) is 3.64. The predicted octanol–water partition coefficient (Wildman–Crippen LogP) is 1.69. The van der Waals surface area contributed by atoms with Crippen molar-refractivity contribution >= 4 is 17.3 Å². The average Bonchev–Trinajstić information content (AvgIpc) is 2.77. The molecule has 18 heavy (non-hydrogen) atoms.